The predicted octanol–water partition coefficient (Wildman–Crippen LogP) is 4.98. The Labute approximate surface area is 178 Å². The number of amides is 1. The highest BCUT2D eigenvalue weighted by Crippen LogP contribution is 2.45. The van der Waals surface area contributed by atoms with E-state index >= 15 is 0 Å². The van der Waals surface area contributed by atoms with Crippen LogP contribution in [0.2, 0.25) is 0 Å². The van der Waals surface area contributed by atoms with Gasteiger partial charge in [0.2, 0.25) is 0 Å². The second kappa shape index (κ2) is 8.49. The van der Waals surface area contributed by atoms with E-state index < -0.39 is 11.9 Å². The van der Waals surface area contributed by atoms with Gasteiger partial charge in [-0.15, -0.1) is 11.8 Å². The van der Waals surface area contributed by atoms with E-state index in [-0.39, 0.29) is 11.2 Å². The van der Waals surface area contributed by atoms with Gasteiger partial charge in [0.15, 0.2) is 0 Å². The number of thioether (sulfide) groups is 1. The minimum Gasteiger partial charge on any atom is -0.338 e. The average Bonchev–Trinajstić information content (AvgIpc) is 3.35. The maximum absolute atomic E-state index is 13.0. The van der Waals surface area contributed by atoms with Crippen LogP contribution in [0.3, 0.4) is 0 Å². The van der Waals surface area contributed by atoms with Gasteiger partial charge < -0.3 is 4.90 Å². The highest BCUT2D eigenvalue weighted by Gasteiger charge is 2.37. The number of piperidine rings is 1. The number of nitrogens with zero attached hydrogens (tertiary/aromatic N) is 3. The van der Waals surface area contributed by atoms with Gasteiger partial charge in [-0.2, -0.15) is 18.3 Å². The number of hydrogen-bond donors (Lipinski definition) is 0. The van der Waals surface area contributed by atoms with Gasteiger partial charge in [-0.3, -0.25) is 9.48 Å². The number of carbonyl (C=O) groups is 1. The third-order valence-electron chi connectivity index (χ3n) is 5.79. The third-order valence-corrected chi connectivity index (χ3v) is 7.10. The molecular formula is C22H24F3N3OS. The second-order valence-electron chi connectivity index (χ2n) is 7.91. The summed E-state index contributed by atoms with van der Waals surface area (Å²) in [5.74, 6) is 0.566. The molecule has 0 aliphatic carbocycles. The number of likely N-dealkylation sites (tertiary alicyclic amines) is 1. The summed E-state index contributed by atoms with van der Waals surface area (Å²) in [7, 11) is 1.30. The fraction of sp³-hybridized carbons (Fsp3) is 0.455. The van der Waals surface area contributed by atoms with Crippen molar-refractivity contribution in [3.8, 4) is 0 Å². The van der Waals surface area contributed by atoms with Crippen molar-refractivity contribution >= 4 is 17.7 Å². The fourth-order valence-corrected chi connectivity index (χ4v) is 5.30. The summed E-state index contributed by atoms with van der Waals surface area (Å²) in [6, 6.07) is 11.5. The van der Waals surface area contributed by atoms with Crippen molar-refractivity contribution in [3.05, 3.63) is 64.3 Å². The lowest BCUT2D eigenvalue weighted by molar-refractivity contribution is -0.143. The van der Waals surface area contributed by atoms with E-state index in [4.69, 9.17) is 0 Å². The molecule has 0 radical (unpaired) electrons. The summed E-state index contributed by atoms with van der Waals surface area (Å²) in [5.41, 5.74) is 0.932. The van der Waals surface area contributed by atoms with E-state index in [1.807, 2.05) is 29.2 Å². The highest BCUT2D eigenvalue weighted by atomic mass is 32.2. The van der Waals surface area contributed by atoms with Gasteiger partial charge in [0.25, 0.3) is 5.91 Å². The van der Waals surface area contributed by atoms with Crippen LogP contribution < -0.4 is 0 Å². The van der Waals surface area contributed by atoms with Crippen LogP contribution in [0.25, 0.3) is 0 Å². The first kappa shape index (κ1) is 21.0. The van der Waals surface area contributed by atoms with Crippen molar-refractivity contribution in [2.75, 3.05) is 13.1 Å². The van der Waals surface area contributed by atoms with Crippen molar-refractivity contribution in [3.63, 3.8) is 0 Å². The van der Waals surface area contributed by atoms with E-state index in [2.05, 4.69) is 17.2 Å². The average molecular weight is 436 g/mol. The zero-order valence-corrected chi connectivity index (χ0v) is 17.5. The summed E-state index contributed by atoms with van der Waals surface area (Å²) in [6.07, 6.45) is 0.900. The molecule has 4 nitrogen and oxygen atoms in total. The van der Waals surface area contributed by atoms with Crippen molar-refractivity contribution in [1.29, 1.82) is 0 Å². The van der Waals surface area contributed by atoms with Crippen LogP contribution in [0.4, 0.5) is 13.2 Å². The summed E-state index contributed by atoms with van der Waals surface area (Å²) in [5, 5.41) is 3.78. The second-order valence-corrected chi connectivity index (χ2v) is 9.16. The van der Waals surface area contributed by atoms with Gasteiger partial charge >= 0.3 is 6.18 Å². The maximum Gasteiger partial charge on any atom is 0.433 e. The first-order valence-corrected chi connectivity index (χ1v) is 11.0. The Bertz CT molecular complexity index is 931. The number of halogens is 3. The first-order valence-electron chi connectivity index (χ1n) is 10.1. The molecule has 1 atom stereocenters. The molecule has 1 fully saturated rings. The van der Waals surface area contributed by atoms with Crippen molar-refractivity contribution in [1.82, 2.24) is 14.7 Å². The molecule has 1 amide bonds. The molecule has 1 saturated heterocycles. The van der Waals surface area contributed by atoms with Crippen LogP contribution in [-0.2, 0) is 24.4 Å². The smallest absolute Gasteiger partial charge is 0.338 e. The lowest BCUT2D eigenvalue weighted by Crippen LogP contribution is -2.39. The Morgan fingerprint density at radius 1 is 1.20 bits per heavy atom. The van der Waals surface area contributed by atoms with E-state index in [1.54, 1.807) is 0 Å². The number of allylic oxidation sites excluding steroid dienone is 1. The van der Waals surface area contributed by atoms with E-state index in [0.717, 1.165) is 43.1 Å². The minimum absolute atomic E-state index is 0.00682. The molecule has 1 unspecified atom stereocenters. The van der Waals surface area contributed by atoms with Crippen molar-refractivity contribution in [2.24, 2.45) is 13.0 Å². The molecule has 4 rings (SSSR count). The van der Waals surface area contributed by atoms with Crippen LogP contribution in [0.15, 0.2) is 47.4 Å². The monoisotopic (exact) mass is 435 g/mol. The van der Waals surface area contributed by atoms with Crippen molar-refractivity contribution in [2.45, 2.75) is 37.1 Å². The van der Waals surface area contributed by atoms with Crippen LogP contribution in [0.5, 0.6) is 0 Å². The van der Waals surface area contributed by atoms with Gasteiger partial charge in [-0.25, -0.2) is 0 Å². The maximum atomic E-state index is 13.0. The van der Waals surface area contributed by atoms with E-state index in [1.165, 1.54) is 24.4 Å². The summed E-state index contributed by atoms with van der Waals surface area (Å²) >= 11 is 1.33. The number of benzene rings is 1. The molecule has 0 saturated carbocycles. The van der Waals surface area contributed by atoms with E-state index in [0.29, 0.717) is 22.9 Å². The Morgan fingerprint density at radius 3 is 2.53 bits per heavy atom. The number of alkyl halides is 3. The lowest BCUT2D eigenvalue weighted by Gasteiger charge is -2.32. The molecule has 8 heteroatoms. The molecule has 2 aliphatic heterocycles. The molecule has 0 bridgehead atoms. The minimum atomic E-state index is -4.43. The Balaban J connectivity index is 1.31. The Morgan fingerprint density at radius 2 is 1.90 bits per heavy atom. The lowest BCUT2D eigenvalue weighted by atomic mass is 9.90. The largest absolute Gasteiger partial charge is 0.433 e. The molecule has 2 aromatic rings. The first-order chi connectivity index (χ1) is 14.3. The number of aromatic nitrogens is 2. The number of aryl methyl sites for hydroxylation is 1. The molecule has 0 spiro atoms. The predicted molar refractivity (Wildman–Crippen MR) is 111 cm³/mol. The SMILES string of the molecule is Cn1nc(C2CC=C(C(=O)N3CCC(Cc4ccccc4)CC3)S2)cc1C(F)(F)F. The van der Waals surface area contributed by atoms with Crippen LogP contribution in [0.1, 0.15) is 41.5 Å². The fourth-order valence-electron chi connectivity index (χ4n) is 4.14. The molecule has 1 aromatic carbocycles. The molecule has 0 N–H and O–H groups in total. The van der Waals surface area contributed by atoms with Crippen LogP contribution >= 0.6 is 11.8 Å². The Kier molecular flexibility index (Phi) is 5.95. The zero-order valence-electron chi connectivity index (χ0n) is 16.7. The van der Waals surface area contributed by atoms with Crippen molar-refractivity contribution < 1.29 is 18.0 Å². The van der Waals surface area contributed by atoms with Gasteiger partial charge in [-0.05, 0) is 43.2 Å². The van der Waals surface area contributed by atoms with Crippen LogP contribution in [-0.4, -0.2) is 33.7 Å². The standard InChI is InChI=1S/C22H24F3N3OS/c1-27-20(22(23,24)25)14-17(26-27)18-7-8-19(30-18)21(29)28-11-9-16(10-12-28)13-15-5-3-2-4-6-15/h2-6,8,14,16,18H,7,9-13H2,1H3. The topological polar surface area (TPSA) is 38.1 Å². The quantitative estimate of drug-likeness (QED) is 0.680. The highest BCUT2D eigenvalue weighted by molar-refractivity contribution is 8.04. The zero-order chi connectivity index (χ0) is 21.3. The molecule has 3 heterocycles. The number of carbonyl (C=O) groups excluding carboxylic acids is 1. The summed E-state index contributed by atoms with van der Waals surface area (Å²) < 4.78 is 39.9. The molecule has 2 aliphatic rings. The van der Waals surface area contributed by atoms with E-state index in [9.17, 15) is 18.0 Å². The van der Waals surface area contributed by atoms with Gasteiger partial charge in [0.05, 0.1) is 15.8 Å². The molecule has 30 heavy (non-hydrogen) atoms. The Hall–Kier alpha value is -2.22. The molecule has 1 aromatic heterocycles. The normalized spacial score (nSPS) is 20.5. The van der Waals surface area contributed by atoms with Crippen LogP contribution in [0, 0.1) is 5.92 Å². The summed E-state index contributed by atoms with van der Waals surface area (Å²) in [4.78, 5) is 15.4. The van der Waals surface area contributed by atoms with Gasteiger partial charge in [0, 0.05) is 20.1 Å². The number of hydrogen-bond acceptors (Lipinski definition) is 3. The summed E-state index contributed by atoms with van der Waals surface area (Å²) in [6.45, 7) is 1.45. The third kappa shape index (κ3) is 4.58. The molecule has 160 valence electrons. The molecular weight excluding hydrogens is 411 g/mol. The number of rotatable bonds is 4. The van der Waals surface area contributed by atoms with Gasteiger partial charge in [-0.1, -0.05) is 36.4 Å². The van der Waals surface area contributed by atoms with Gasteiger partial charge in [0.1, 0.15) is 5.69 Å².